The molecule has 5 heteroatoms. The quantitative estimate of drug-likeness (QED) is 0.739. The van der Waals surface area contributed by atoms with Crippen LogP contribution in [0.15, 0.2) is 18.2 Å². The third-order valence-electron chi connectivity index (χ3n) is 1.79. The Balaban J connectivity index is 2.85. The van der Waals surface area contributed by atoms with Gasteiger partial charge in [0.1, 0.15) is 5.75 Å². The average molecular weight is 307 g/mol. The van der Waals surface area contributed by atoms with Crippen LogP contribution < -0.4 is 5.73 Å². The normalized spacial score (nSPS) is 12.4. The number of phenolic OH excluding ortho intramolecular Hbond substituents is 1. The molecule has 14 heavy (non-hydrogen) atoms. The Bertz CT molecular complexity index is 354. The Labute approximate surface area is 94.9 Å². The number of carboxylic acid groups (broad SMARTS) is 1. The largest absolute Gasteiger partial charge is 0.507 e. The van der Waals surface area contributed by atoms with Crippen LogP contribution >= 0.6 is 22.6 Å². The molecule has 0 saturated carbocycles. The Morgan fingerprint density at radius 1 is 1.57 bits per heavy atom. The summed E-state index contributed by atoms with van der Waals surface area (Å²) in [5, 5.41) is 17.9. The summed E-state index contributed by atoms with van der Waals surface area (Å²) < 4.78 is 0.717. The highest BCUT2D eigenvalue weighted by Gasteiger charge is 2.11. The van der Waals surface area contributed by atoms with Gasteiger partial charge in [-0.1, -0.05) is 6.07 Å². The summed E-state index contributed by atoms with van der Waals surface area (Å²) in [6.07, 6.45) is -0.139. The van der Waals surface area contributed by atoms with E-state index in [1.165, 1.54) is 6.07 Å². The minimum Gasteiger partial charge on any atom is -0.507 e. The van der Waals surface area contributed by atoms with Crippen LogP contribution in [-0.4, -0.2) is 16.2 Å². The molecule has 1 aromatic carbocycles. The Morgan fingerprint density at radius 2 is 2.21 bits per heavy atom. The second-order valence-electron chi connectivity index (χ2n) is 2.92. The number of halogens is 1. The lowest BCUT2D eigenvalue weighted by molar-refractivity contribution is -0.137. The number of carbonyl (C=O) groups is 1. The van der Waals surface area contributed by atoms with Gasteiger partial charge in [-0.05, 0) is 40.3 Å². The van der Waals surface area contributed by atoms with Crippen molar-refractivity contribution in [2.24, 2.45) is 5.73 Å². The number of hydrogen-bond donors (Lipinski definition) is 3. The van der Waals surface area contributed by atoms with Crippen LogP contribution in [0.5, 0.6) is 5.75 Å². The third kappa shape index (κ3) is 2.85. The number of aromatic hydroxyl groups is 1. The molecule has 0 amide bonds. The summed E-state index contributed by atoms with van der Waals surface area (Å²) in [7, 11) is 0. The van der Waals surface area contributed by atoms with E-state index in [1.54, 1.807) is 12.1 Å². The Hall–Kier alpha value is -0.820. The highest BCUT2D eigenvalue weighted by Crippen LogP contribution is 2.24. The third-order valence-corrected chi connectivity index (χ3v) is 2.71. The summed E-state index contributed by atoms with van der Waals surface area (Å²) in [6.45, 7) is 0. The molecule has 4 nitrogen and oxygen atoms in total. The fourth-order valence-electron chi connectivity index (χ4n) is 1.07. The molecule has 0 aliphatic carbocycles. The number of rotatable bonds is 3. The lowest BCUT2D eigenvalue weighted by Crippen LogP contribution is -2.14. The highest BCUT2D eigenvalue weighted by molar-refractivity contribution is 14.1. The maximum atomic E-state index is 10.4. The first kappa shape index (κ1) is 11.3. The second kappa shape index (κ2) is 4.61. The van der Waals surface area contributed by atoms with Crippen molar-refractivity contribution in [2.75, 3.05) is 0 Å². The molecule has 0 bridgehead atoms. The SMILES string of the molecule is NC(CC(=O)O)c1ccc(I)c(O)c1. The molecular formula is C9H10INO3. The van der Waals surface area contributed by atoms with Gasteiger partial charge in [-0.15, -0.1) is 0 Å². The van der Waals surface area contributed by atoms with Gasteiger partial charge < -0.3 is 15.9 Å². The minimum absolute atomic E-state index is 0.129. The van der Waals surface area contributed by atoms with Crippen LogP contribution in [0.2, 0.25) is 0 Å². The summed E-state index contributed by atoms with van der Waals surface area (Å²) in [6, 6.07) is 4.34. The summed E-state index contributed by atoms with van der Waals surface area (Å²) in [5.74, 6) is -0.820. The minimum atomic E-state index is -0.949. The van der Waals surface area contributed by atoms with Crippen LogP contribution in [0.25, 0.3) is 0 Å². The second-order valence-corrected chi connectivity index (χ2v) is 4.08. The van der Waals surface area contributed by atoms with Crippen molar-refractivity contribution in [1.29, 1.82) is 0 Å². The Kier molecular flexibility index (Phi) is 3.70. The van der Waals surface area contributed by atoms with Gasteiger partial charge in [0, 0.05) is 6.04 Å². The van der Waals surface area contributed by atoms with Crippen molar-refractivity contribution >= 4 is 28.6 Å². The fourth-order valence-corrected chi connectivity index (χ4v) is 1.40. The fraction of sp³-hybridized carbons (Fsp3) is 0.222. The number of aliphatic carboxylic acids is 1. The predicted molar refractivity (Wildman–Crippen MR) is 60.0 cm³/mol. The first-order chi connectivity index (χ1) is 6.50. The van der Waals surface area contributed by atoms with Crippen molar-refractivity contribution in [3.8, 4) is 5.75 Å². The van der Waals surface area contributed by atoms with Crippen molar-refractivity contribution < 1.29 is 15.0 Å². The van der Waals surface area contributed by atoms with Gasteiger partial charge in [-0.2, -0.15) is 0 Å². The molecule has 1 rings (SSSR count). The van der Waals surface area contributed by atoms with Crippen LogP contribution in [-0.2, 0) is 4.79 Å². The molecule has 0 radical (unpaired) electrons. The molecule has 0 spiro atoms. The van der Waals surface area contributed by atoms with Gasteiger partial charge in [0.05, 0.1) is 9.99 Å². The monoisotopic (exact) mass is 307 g/mol. The van der Waals surface area contributed by atoms with Gasteiger partial charge in [0.15, 0.2) is 0 Å². The molecule has 0 aliphatic rings. The van der Waals surface area contributed by atoms with Gasteiger partial charge in [0.25, 0.3) is 0 Å². The van der Waals surface area contributed by atoms with E-state index in [0.29, 0.717) is 9.13 Å². The van der Waals surface area contributed by atoms with Crippen LogP contribution in [0.3, 0.4) is 0 Å². The van der Waals surface area contributed by atoms with E-state index in [1.807, 2.05) is 22.6 Å². The molecule has 0 aromatic heterocycles. The number of nitrogens with two attached hydrogens (primary N) is 1. The van der Waals surface area contributed by atoms with Crippen molar-refractivity contribution in [3.63, 3.8) is 0 Å². The summed E-state index contributed by atoms with van der Waals surface area (Å²) >= 11 is 1.98. The molecule has 0 saturated heterocycles. The zero-order chi connectivity index (χ0) is 10.7. The maximum absolute atomic E-state index is 10.4. The molecule has 76 valence electrons. The standard InChI is InChI=1S/C9H10INO3/c10-6-2-1-5(3-8(6)12)7(11)4-9(13)14/h1-3,7,12H,4,11H2,(H,13,14). The lowest BCUT2D eigenvalue weighted by Gasteiger charge is -2.09. The average Bonchev–Trinajstić information content (AvgIpc) is 2.08. The van der Waals surface area contributed by atoms with Crippen molar-refractivity contribution in [1.82, 2.24) is 0 Å². The molecule has 1 unspecified atom stereocenters. The maximum Gasteiger partial charge on any atom is 0.305 e. The van der Waals surface area contributed by atoms with E-state index < -0.39 is 12.0 Å². The predicted octanol–water partition coefficient (Wildman–Crippen LogP) is 1.47. The van der Waals surface area contributed by atoms with Gasteiger partial charge >= 0.3 is 5.97 Å². The molecule has 1 aromatic rings. The Morgan fingerprint density at radius 3 is 2.71 bits per heavy atom. The van der Waals surface area contributed by atoms with Crippen molar-refractivity contribution in [2.45, 2.75) is 12.5 Å². The van der Waals surface area contributed by atoms with Crippen LogP contribution in [0, 0.1) is 3.57 Å². The molecule has 0 fully saturated rings. The van der Waals surface area contributed by atoms with Crippen LogP contribution in [0.4, 0.5) is 0 Å². The zero-order valence-electron chi connectivity index (χ0n) is 7.27. The zero-order valence-corrected chi connectivity index (χ0v) is 9.43. The first-order valence-electron chi connectivity index (χ1n) is 3.96. The van der Waals surface area contributed by atoms with E-state index in [9.17, 15) is 9.90 Å². The van der Waals surface area contributed by atoms with E-state index >= 15 is 0 Å². The van der Waals surface area contributed by atoms with Crippen LogP contribution in [0.1, 0.15) is 18.0 Å². The highest BCUT2D eigenvalue weighted by atomic mass is 127. The first-order valence-corrected chi connectivity index (χ1v) is 5.04. The molecule has 4 N–H and O–H groups in total. The number of hydrogen-bond acceptors (Lipinski definition) is 3. The number of phenols is 1. The van der Waals surface area contributed by atoms with Gasteiger partial charge in [-0.3, -0.25) is 4.79 Å². The smallest absolute Gasteiger partial charge is 0.305 e. The molecule has 0 heterocycles. The molecular weight excluding hydrogens is 297 g/mol. The number of carboxylic acids is 1. The lowest BCUT2D eigenvalue weighted by atomic mass is 10.0. The van der Waals surface area contributed by atoms with E-state index in [2.05, 4.69) is 0 Å². The van der Waals surface area contributed by atoms with Gasteiger partial charge in [0.2, 0.25) is 0 Å². The number of benzene rings is 1. The molecule has 1 atom stereocenters. The topological polar surface area (TPSA) is 83.6 Å². The van der Waals surface area contributed by atoms with E-state index in [-0.39, 0.29) is 12.2 Å². The molecule has 0 aliphatic heterocycles. The van der Waals surface area contributed by atoms with Gasteiger partial charge in [-0.25, -0.2) is 0 Å². The van der Waals surface area contributed by atoms with Crippen molar-refractivity contribution in [3.05, 3.63) is 27.3 Å². The van der Waals surface area contributed by atoms with E-state index in [0.717, 1.165) is 0 Å². The van der Waals surface area contributed by atoms with E-state index in [4.69, 9.17) is 10.8 Å². The summed E-state index contributed by atoms with van der Waals surface area (Å²) in [4.78, 5) is 10.4. The summed E-state index contributed by atoms with van der Waals surface area (Å²) in [5.41, 5.74) is 6.25.